The number of hydrogen-bond donors (Lipinski definition) is 1. The van der Waals surface area contributed by atoms with Gasteiger partial charge in [0.05, 0.1) is 16.2 Å². The van der Waals surface area contributed by atoms with Gasteiger partial charge in [0.25, 0.3) is 5.82 Å². The van der Waals surface area contributed by atoms with Crippen LogP contribution in [0.1, 0.15) is 10.4 Å². The van der Waals surface area contributed by atoms with E-state index in [0.29, 0.717) is 15.8 Å². The van der Waals surface area contributed by atoms with Gasteiger partial charge in [-0.1, -0.05) is 29.3 Å². The van der Waals surface area contributed by atoms with E-state index in [1.807, 2.05) is 0 Å². The molecule has 1 aromatic heterocycles. The van der Waals surface area contributed by atoms with Gasteiger partial charge in [-0.3, -0.25) is 5.73 Å². The number of para-hydroxylation sites is 1. The molecule has 0 bridgehead atoms. The second-order valence-corrected chi connectivity index (χ2v) is 4.85. The zero-order valence-electron chi connectivity index (χ0n) is 10.9. The highest BCUT2D eigenvalue weighted by molar-refractivity contribution is 6.37. The fraction of sp³-hybridized carbons (Fsp3) is 0.143. The average molecular weight is 328 g/mol. The van der Waals surface area contributed by atoms with E-state index in [1.165, 1.54) is 0 Å². The minimum Gasteiger partial charge on any atom is -0.487 e. The number of hydrogen-bond acceptors (Lipinski definition) is 4. The Kier molecular flexibility index (Phi) is 5.25. The molecule has 1 aromatic carbocycles. The van der Waals surface area contributed by atoms with Gasteiger partial charge in [0.15, 0.2) is 5.75 Å². The van der Waals surface area contributed by atoms with Gasteiger partial charge < -0.3 is 9.47 Å². The number of pyridine rings is 1. The number of nitrogens with one attached hydrogen (secondary N) is 1. The number of carbonyl (C=O) groups is 1. The van der Waals surface area contributed by atoms with Crippen LogP contribution in [0.4, 0.5) is 5.82 Å². The minimum atomic E-state index is -0.529. The monoisotopic (exact) mass is 327 g/mol. The van der Waals surface area contributed by atoms with Gasteiger partial charge in [-0.2, -0.15) is 0 Å². The quantitative estimate of drug-likeness (QED) is 0.676. The third kappa shape index (κ3) is 4.00. The van der Waals surface area contributed by atoms with Crippen LogP contribution in [-0.4, -0.2) is 19.2 Å². The van der Waals surface area contributed by atoms with E-state index in [2.05, 4.69) is 4.98 Å². The molecule has 110 valence electrons. The van der Waals surface area contributed by atoms with Gasteiger partial charge in [-0.25, -0.2) is 9.78 Å². The summed E-state index contributed by atoms with van der Waals surface area (Å²) in [6.07, 6.45) is 1.62. The number of rotatable bonds is 5. The SMILES string of the molecule is Nc1[nH+]cccc1C(=O)OCCOc1c(Cl)cccc1Cl. The zero-order chi connectivity index (χ0) is 15.2. The number of H-pyrrole nitrogens is 1. The second-order valence-electron chi connectivity index (χ2n) is 4.03. The van der Waals surface area contributed by atoms with Gasteiger partial charge in [0.1, 0.15) is 18.8 Å². The molecule has 0 amide bonds. The Bertz CT molecular complexity index is 630. The number of ether oxygens (including phenoxy) is 2. The molecular weight excluding hydrogens is 315 g/mol. The molecule has 0 fully saturated rings. The number of benzene rings is 1. The molecule has 0 radical (unpaired) electrons. The lowest BCUT2D eigenvalue weighted by molar-refractivity contribution is -0.360. The summed E-state index contributed by atoms with van der Waals surface area (Å²) in [5.74, 6) is 0.0835. The number of carbonyl (C=O) groups excluding carboxylic acids is 1. The van der Waals surface area contributed by atoms with Crippen molar-refractivity contribution in [1.29, 1.82) is 0 Å². The first-order valence-corrected chi connectivity index (χ1v) is 6.85. The standard InChI is InChI=1S/C14H12Cl2N2O3/c15-10-4-1-5-11(16)12(10)20-7-8-21-14(19)9-3-2-6-18-13(9)17/h1-6H,7-8H2,(H2,17,18)/p+1. The van der Waals surface area contributed by atoms with Gasteiger partial charge in [0, 0.05) is 0 Å². The van der Waals surface area contributed by atoms with Crippen molar-refractivity contribution < 1.29 is 19.3 Å². The maximum atomic E-state index is 11.8. The molecule has 21 heavy (non-hydrogen) atoms. The Morgan fingerprint density at radius 3 is 2.52 bits per heavy atom. The minimum absolute atomic E-state index is 0.0503. The van der Waals surface area contributed by atoms with Crippen molar-refractivity contribution in [2.75, 3.05) is 18.9 Å². The topological polar surface area (TPSA) is 75.7 Å². The first-order valence-electron chi connectivity index (χ1n) is 6.09. The van der Waals surface area contributed by atoms with Crippen LogP contribution >= 0.6 is 23.2 Å². The summed E-state index contributed by atoms with van der Waals surface area (Å²) in [6.45, 7) is 0.181. The molecule has 7 heteroatoms. The average Bonchev–Trinajstić information content (AvgIpc) is 2.46. The van der Waals surface area contributed by atoms with E-state index in [9.17, 15) is 4.79 Å². The van der Waals surface area contributed by atoms with E-state index in [1.54, 1.807) is 36.5 Å². The number of nitrogen functional groups attached to an aromatic ring is 1. The molecule has 0 aliphatic carbocycles. The molecule has 0 unspecified atom stereocenters. The van der Waals surface area contributed by atoms with Gasteiger partial charge in [-0.15, -0.1) is 0 Å². The molecule has 0 spiro atoms. The van der Waals surface area contributed by atoms with Crippen LogP contribution in [0.3, 0.4) is 0 Å². The molecule has 2 rings (SSSR count). The second kappa shape index (κ2) is 7.15. The van der Waals surface area contributed by atoms with Crippen molar-refractivity contribution in [2.45, 2.75) is 0 Å². The molecule has 2 aromatic rings. The van der Waals surface area contributed by atoms with E-state index in [-0.39, 0.29) is 24.6 Å². The van der Waals surface area contributed by atoms with Crippen LogP contribution < -0.4 is 15.5 Å². The van der Waals surface area contributed by atoms with Crippen molar-refractivity contribution in [1.82, 2.24) is 0 Å². The lowest BCUT2D eigenvalue weighted by atomic mass is 10.2. The highest BCUT2D eigenvalue weighted by atomic mass is 35.5. The maximum absolute atomic E-state index is 11.8. The van der Waals surface area contributed by atoms with E-state index in [0.717, 1.165) is 0 Å². The van der Waals surface area contributed by atoms with E-state index in [4.69, 9.17) is 38.4 Å². The normalized spacial score (nSPS) is 10.2. The summed E-state index contributed by atoms with van der Waals surface area (Å²) < 4.78 is 10.5. The van der Waals surface area contributed by atoms with Gasteiger partial charge in [-0.05, 0) is 24.3 Å². The Morgan fingerprint density at radius 2 is 1.86 bits per heavy atom. The van der Waals surface area contributed by atoms with Crippen LogP contribution in [0.15, 0.2) is 36.5 Å². The fourth-order valence-electron chi connectivity index (χ4n) is 1.60. The summed E-state index contributed by atoms with van der Waals surface area (Å²) in [5.41, 5.74) is 5.91. The number of halogens is 2. The van der Waals surface area contributed by atoms with Gasteiger partial charge >= 0.3 is 5.97 Å². The van der Waals surface area contributed by atoms with Gasteiger partial charge in [0.2, 0.25) is 0 Å². The molecule has 0 atom stereocenters. The molecule has 0 aliphatic heterocycles. The third-order valence-electron chi connectivity index (χ3n) is 2.59. The van der Waals surface area contributed by atoms with Crippen LogP contribution in [0.2, 0.25) is 10.0 Å². The molecule has 0 saturated heterocycles. The molecular formula is C14H13Cl2N2O3+. The van der Waals surface area contributed by atoms with Crippen molar-refractivity contribution in [3.05, 3.63) is 52.1 Å². The van der Waals surface area contributed by atoms with Crippen molar-refractivity contribution in [3.8, 4) is 5.75 Å². The zero-order valence-corrected chi connectivity index (χ0v) is 12.4. The van der Waals surface area contributed by atoms with Crippen LogP contribution in [0.5, 0.6) is 5.75 Å². The molecule has 1 heterocycles. The Balaban J connectivity index is 1.85. The first kappa shape index (κ1) is 15.4. The summed E-state index contributed by atoms with van der Waals surface area (Å²) in [7, 11) is 0. The van der Waals surface area contributed by atoms with Crippen molar-refractivity contribution >= 4 is 35.0 Å². The number of aromatic nitrogens is 1. The lowest BCUT2D eigenvalue weighted by Crippen LogP contribution is -2.18. The third-order valence-corrected chi connectivity index (χ3v) is 3.19. The summed E-state index contributed by atoms with van der Waals surface area (Å²) in [4.78, 5) is 14.5. The summed E-state index contributed by atoms with van der Waals surface area (Å²) >= 11 is 11.9. The molecule has 0 aliphatic rings. The van der Waals surface area contributed by atoms with Crippen LogP contribution in [0.25, 0.3) is 0 Å². The smallest absolute Gasteiger partial charge is 0.346 e. The Hall–Kier alpha value is -1.98. The summed E-state index contributed by atoms with van der Waals surface area (Å²) in [5, 5.41) is 0.798. The molecule has 5 nitrogen and oxygen atoms in total. The highest BCUT2D eigenvalue weighted by Gasteiger charge is 2.15. The number of anilines is 1. The summed E-state index contributed by atoms with van der Waals surface area (Å²) in [6, 6.07) is 8.27. The number of nitrogens with two attached hydrogens (primary N) is 1. The lowest BCUT2D eigenvalue weighted by Gasteiger charge is -2.10. The van der Waals surface area contributed by atoms with E-state index < -0.39 is 5.97 Å². The van der Waals surface area contributed by atoms with Crippen LogP contribution in [-0.2, 0) is 4.74 Å². The predicted octanol–water partition coefficient (Wildman–Crippen LogP) is 2.63. The van der Waals surface area contributed by atoms with Crippen LogP contribution in [0, 0.1) is 0 Å². The van der Waals surface area contributed by atoms with Crippen molar-refractivity contribution in [3.63, 3.8) is 0 Å². The Morgan fingerprint density at radius 1 is 1.14 bits per heavy atom. The predicted molar refractivity (Wildman–Crippen MR) is 79.6 cm³/mol. The van der Waals surface area contributed by atoms with Crippen molar-refractivity contribution in [2.24, 2.45) is 0 Å². The number of aromatic amines is 1. The number of esters is 1. The highest BCUT2D eigenvalue weighted by Crippen LogP contribution is 2.32. The van der Waals surface area contributed by atoms with E-state index >= 15 is 0 Å². The largest absolute Gasteiger partial charge is 0.487 e. The molecule has 0 saturated carbocycles. The fourth-order valence-corrected chi connectivity index (χ4v) is 2.11. The Labute approximate surface area is 131 Å². The maximum Gasteiger partial charge on any atom is 0.346 e. The first-order chi connectivity index (χ1) is 10.1. The molecule has 3 N–H and O–H groups in total.